The summed E-state index contributed by atoms with van der Waals surface area (Å²) < 4.78 is 8.16. The van der Waals surface area contributed by atoms with Crippen LogP contribution in [0.2, 0.25) is 0 Å². The first-order valence-electron chi connectivity index (χ1n) is 5.42. The zero-order valence-electron chi connectivity index (χ0n) is 10.1. The van der Waals surface area contributed by atoms with Gasteiger partial charge in [0.15, 0.2) is 0 Å². The Balaban J connectivity index is 2.21. The fraction of sp³-hybridized carbons (Fsp3) is 0.167. The molecule has 0 aliphatic rings. The molecule has 1 heterocycles. The lowest BCUT2D eigenvalue weighted by Gasteiger charge is -2.10. The molecule has 0 unspecified atom stereocenters. The van der Waals surface area contributed by atoms with Gasteiger partial charge >= 0.3 is 0 Å². The quantitative estimate of drug-likeness (QED) is 0.643. The first kappa shape index (κ1) is 14.1. The zero-order valence-corrected chi connectivity index (χ0v) is 13.0. The Bertz CT molecular complexity index is 600. The number of amides is 1. The molecule has 0 saturated heterocycles. The van der Waals surface area contributed by atoms with Crippen molar-refractivity contribution in [1.29, 1.82) is 0 Å². The van der Waals surface area contributed by atoms with E-state index in [0.717, 1.165) is 9.13 Å². The van der Waals surface area contributed by atoms with Crippen LogP contribution in [0.15, 0.2) is 30.5 Å². The van der Waals surface area contributed by atoms with Crippen molar-refractivity contribution < 1.29 is 9.53 Å². The number of carbonyl (C=O) groups excluding carboxylic acids is 1. The molecular formula is C12H11ClIN3O2. The van der Waals surface area contributed by atoms with E-state index in [1.165, 1.54) is 0 Å². The van der Waals surface area contributed by atoms with Gasteiger partial charge in [0.2, 0.25) is 5.88 Å². The van der Waals surface area contributed by atoms with Gasteiger partial charge in [-0.3, -0.25) is 14.3 Å². The highest BCUT2D eigenvalue weighted by molar-refractivity contribution is 14.1. The van der Waals surface area contributed by atoms with E-state index in [9.17, 15) is 4.79 Å². The molecule has 2 rings (SSSR count). The smallest absolute Gasteiger partial charge is 0.266 e. The molecule has 1 aromatic carbocycles. The topological polar surface area (TPSA) is 56.1 Å². The Morgan fingerprint density at radius 1 is 1.53 bits per heavy atom. The van der Waals surface area contributed by atoms with Crippen molar-refractivity contribution in [2.75, 3.05) is 0 Å². The predicted molar refractivity (Wildman–Crippen MR) is 80.0 cm³/mol. The lowest BCUT2D eigenvalue weighted by atomic mass is 10.1. The molecule has 0 spiro atoms. The highest BCUT2D eigenvalue weighted by Crippen LogP contribution is 2.19. The van der Waals surface area contributed by atoms with Gasteiger partial charge in [-0.2, -0.15) is 0 Å². The molecule has 5 nitrogen and oxygen atoms in total. The Hall–Kier alpha value is -1.28. The van der Waals surface area contributed by atoms with Crippen LogP contribution in [0.4, 0.5) is 0 Å². The second kappa shape index (κ2) is 6.25. The number of hydrogen-bond acceptors (Lipinski definition) is 3. The van der Waals surface area contributed by atoms with Crippen LogP contribution in [0.25, 0.3) is 0 Å². The van der Waals surface area contributed by atoms with E-state index in [1.54, 1.807) is 29.1 Å². The van der Waals surface area contributed by atoms with Crippen LogP contribution in [0, 0.1) is 3.57 Å². The van der Waals surface area contributed by atoms with Gasteiger partial charge in [-0.15, -0.1) is 5.10 Å². The van der Waals surface area contributed by atoms with E-state index >= 15 is 0 Å². The molecule has 1 aromatic heterocycles. The number of carbonyl (C=O) groups is 1. The van der Waals surface area contributed by atoms with Crippen LogP contribution < -0.4 is 9.57 Å². The lowest BCUT2D eigenvalue weighted by molar-refractivity contribution is 0.0979. The minimum atomic E-state index is -0.347. The third-order valence-corrected chi connectivity index (χ3v) is 3.69. The molecule has 0 bridgehead atoms. The summed E-state index contributed by atoms with van der Waals surface area (Å²) in [7, 11) is 1.81. The van der Waals surface area contributed by atoms with Crippen LogP contribution in [0.1, 0.15) is 15.9 Å². The average Bonchev–Trinajstić information content (AvgIpc) is 2.82. The molecule has 0 atom stereocenters. The summed E-state index contributed by atoms with van der Waals surface area (Å²) in [6.45, 7) is 0.260. The fourth-order valence-electron chi connectivity index (χ4n) is 1.59. The molecule has 0 aliphatic heterocycles. The minimum Gasteiger partial charge on any atom is -0.472 e. The average molecular weight is 392 g/mol. The van der Waals surface area contributed by atoms with Crippen LogP contribution in [0.3, 0.4) is 0 Å². The van der Waals surface area contributed by atoms with E-state index < -0.39 is 0 Å². The van der Waals surface area contributed by atoms with Crippen molar-refractivity contribution in [3.8, 4) is 5.88 Å². The Morgan fingerprint density at radius 3 is 2.95 bits per heavy atom. The van der Waals surface area contributed by atoms with Crippen LogP contribution in [-0.4, -0.2) is 15.7 Å². The maximum Gasteiger partial charge on any atom is 0.266 e. The highest BCUT2D eigenvalue weighted by atomic mass is 127. The van der Waals surface area contributed by atoms with Crippen molar-refractivity contribution in [3.63, 3.8) is 0 Å². The number of nitrogens with zero attached hydrogens (tertiary/aromatic N) is 2. The molecule has 1 amide bonds. The summed E-state index contributed by atoms with van der Waals surface area (Å²) in [5, 5.41) is 4.12. The Morgan fingerprint density at radius 2 is 2.32 bits per heavy atom. The summed E-state index contributed by atoms with van der Waals surface area (Å²) in [5.41, 5.74) is 1.28. The van der Waals surface area contributed by atoms with Gasteiger partial charge in [-0.1, -0.05) is 6.07 Å². The van der Waals surface area contributed by atoms with Gasteiger partial charge in [0.1, 0.15) is 6.61 Å². The van der Waals surface area contributed by atoms with Crippen molar-refractivity contribution in [3.05, 3.63) is 45.2 Å². The molecule has 2 aromatic rings. The molecule has 19 heavy (non-hydrogen) atoms. The summed E-state index contributed by atoms with van der Waals surface area (Å²) in [5.74, 6) is 0.166. The largest absolute Gasteiger partial charge is 0.472 e. The summed E-state index contributed by atoms with van der Waals surface area (Å²) >= 11 is 7.53. The van der Waals surface area contributed by atoms with Crippen LogP contribution >= 0.6 is 34.4 Å². The SMILES string of the molecule is Cn1ccc(OCc2c(I)cccc2C(=O)NCl)n1. The van der Waals surface area contributed by atoms with E-state index in [2.05, 4.69) is 32.5 Å². The van der Waals surface area contributed by atoms with Crippen molar-refractivity contribution in [2.45, 2.75) is 6.61 Å². The predicted octanol–water partition coefficient (Wildman–Crippen LogP) is 2.49. The lowest BCUT2D eigenvalue weighted by Crippen LogP contribution is -2.16. The first-order valence-corrected chi connectivity index (χ1v) is 6.88. The first-order chi connectivity index (χ1) is 9.11. The van der Waals surface area contributed by atoms with Gasteiger partial charge in [-0.25, -0.2) is 0 Å². The third kappa shape index (κ3) is 3.38. The number of halogens is 2. The van der Waals surface area contributed by atoms with Gasteiger partial charge in [0.05, 0.1) is 0 Å². The van der Waals surface area contributed by atoms with Gasteiger partial charge in [0.25, 0.3) is 5.91 Å². The number of nitrogens with one attached hydrogen (secondary N) is 1. The van der Waals surface area contributed by atoms with Gasteiger partial charge in [-0.05, 0) is 34.7 Å². The summed E-state index contributed by atoms with van der Waals surface area (Å²) in [6, 6.07) is 7.17. The maximum atomic E-state index is 11.7. The van der Waals surface area contributed by atoms with Crippen LogP contribution in [0.5, 0.6) is 5.88 Å². The highest BCUT2D eigenvalue weighted by Gasteiger charge is 2.14. The van der Waals surface area contributed by atoms with E-state index in [0.29, 0.717) is 11.4 Å². The standard InChI is InChI=1S/C12H11ClIN3O2/c1-17-6-5-11(16-17)19-7-9-8(12(18)15-13)3-2-4-10(9)14/h2-6H,7H2,1H3,(H,15,18). The van der Waals surface area contributed by atoms with E-state index in [4.69, 9.17) is 16.5 Å². The normalized spacial score (nSPS) is 10.3. The minimum absolute atomic E-state index is 0.260. The molecule has 0 saturated carbocycles. The maximum absolute atomic E-state index is 11.7. The number of aromatic nitrogens is 2. The van der Waals surface area contributed by atoms with E-state index in [-0.39, 0.29) is 12.5 Å². The molecule has 7 heteroatoms. The number of hydrogen-bond donors (Lipinski definition) is 1. The molecule has 0 radical (unpaired) electrons. The Kier molecular flexibility index (Phi) is 4.65. The second-order valence-electron chi connectivity index (χ2n) is 3.81. The zero-order chi connectivity index (χ0) is 13.8. The Labute approximate surface area is 129 Å². The fourth-order valence-corrected chi connectivity index (χ4v) is 2.34. The van der Waals surface area contributed by atoms with Gasteiger partial charge in [0, 0.05) is 45.8 Å². The molecule has 0 fully saturated rings. The van der Waals surface area contributed by atoms with Crippen molar-refractivity contribution in [2.24, 2.45) is 7.05 Å². The van der Waals surface area contributed by atoms with Crippen molar-refractivity contribution in [1.82, 2.24) is 14.6 Å². The molecule has 1 N–H and O–H groups in total. The molecule has 0 aliphatic carbocycles. The molecular weight excluding hydrogens is 381 g/mol. The van der Waals surface area contributed by atoms with Crippen molar-refractivity contribution >= 4 is 40.3 Å². The molecule has 100 valence electrons. The number of benzene rings is 1. The number of ether oxygens (including phenoxy) is 1. The summed E-state index contributed by atoms with van der Waals surface area (Å²) in [6.07, 6.45) is 1.79. The van der Waals surface area contributed by atoms with E-state index in [1.807, 2.05) is 13.1 Å². The number of rotatable bonds is 4. The van der Waals surface area contributed by atoms with Gasteiger partial charge < -0.3 is 4.74 Å². The monoisotopic (exact) mass is 391 g/mol. The third-order valence-electron chi connectivity index (χ3n) is 2.50. The van der Waals surface area contributed by atoms with Crippen LogP contribution in [-0.2, 0) is 13.7 Å². The number of aryl methyl sites for hydroxylation is 1. The summed E-state index contributed by atoms with van der Waals surface area (Å²) in [4.78, 5) is 13.8. The second-order valence-corrected chi connectivity index (χ2v) is 5.16.